The molecule has 2 aliphatic rings. The molecule has 2 aliphatic heterocycles. The topological polar surface area (TPSA) is 33.7 Å². The van der Waals surface area contributed by atoms with Gasteiger partial charge >= 0.3 is 0 Å². The molecular formula is C14H20N2O2. The van der Waals surface area contributed by atoms with E-state index in [0.29, 0.717) is 0 Å². The van der Waals surface area contributed by atoms with Gasteiger partial charge in [0.25, 0.3) is 0 Å². The summed E-state index contributed by atoms with van der Waals surface area (Å²) in [5.41, 5.74) is 2.60. The van der Waals surface area contributed by atoms with Gasteiger partial charge in [0, 0.05) is 37.4 Å². The molecule has 1 aromatic rings. The maximum Gasteiger partial charge on any atom is 0.0969 e. The van der Waals surface area contributed by atoms with Gasteiger partial charge < -0.3 is 19.7 Å². The molecule has 4 heteroatoms. The Labute approximate surface area is 108 Å². The number of para-hydroxylation sites is 1. The van der Waals surface area contributed by atoms with E-state index in [9.17, 15) is 0 Å². The van der Waals surface area contributed by atoms with Crippen LogP contribution in [0, 0.1) is 0 Å². The molecule has 0 radical (unpaired) electrons. The molecular weight excluding hydrogens is 228 g/mol. The van der Waals surface area contributed by atoms with Crippen molar-refractivity contribution in [2.24, 2.45) is 0 Å². The molecule has 0 saturated carbocycles. The van der Waals surface area contributed by atoms with E-state index in [2.05, 4.69) is 34.5 Å². The highest BCUT2D eigenvalue weighted by molar-refractivity contribution is 5.55. The predicted octanol–water partition coefficient (Wildman–Crippen LogP) is 1.18. The highest BCUT2D eigenvalue weighted by atomic mass is 16.5. The number of morpholine rings is 2. The lowest BCUT2D eigenvalue weighted by Gasteiger charge is -2.33. The van der Waals surface area contributed by atoms with Crippen LogP contribution in [0.1, 0.15) is 11.7 Å². The number of rotatable bonds is 2. The van der Waals surface area contributed by atoms with Crippen molar-refractivity contribution in [3.8, 4) is 0 Å². The second-order valence-electron chi connectivity index (χ2n) is 4.72. The Balaban J connectivity index is 1.83. The van der Waals surface area contributed by atoms with Crippen molar-refractivity contribution in [1.29, 1.82) is 0 Å². The van der Waals surface area contributed by atoms with Crippen LogP contribution < -0.4 is 10.2 Å². The molecule has 18 heavy (non-hydrogen) atoms. The Morgan fingerprint density at radius 2 is 1.94 bits per heavy atom. The Hall–Kier alpha value is -1.10. The van der Waals surface area contributed by atoms with Gasteiger partial charge in [-0.15, -0.1) is 0 Å². The summed E-state index contributed by atoms with van der Waals surface area (Å²) in [5, 5.41) is 3.40. The largest absolute Gasteiger partial charge is 0.378 e. The average molecular weight is 248 g/mol. The van der Waals surface area contributed by atoms with Crippen LogP contribution in [0.2, 0.25) is 0 Å². The highest BCUT2D eigenvalue weighted by Crippen LogP contribution is 2.29. The van der Waals surface area contributed by atoms with Crippen molar-refractivity contribution >= 4 is 5.69 Å². The number of nitrogens with one attached hydrogen (secondary N) is 1. The van der Waals surface area contributed by atoms with Crippen LogP contribution in [0.4, 0.5) is 5.69 Å². The maximum absolute atomic E-state index is 5.88. The normalized spacial score (nSPS) is 25.1. The maximum atomic E-state index is 5.88. The Bertz CT molecular complexity index is 348. The molecule has 1 atom stereocenters. The quantitative estimate of drug-likeness (QED) is 0.852. The lowest BCUT2D eigenvalue weighted by molar-refractivity contribution is 0.0277. The zero-order valence-corrected chi connectivity index (χ0v) is 10.6. The van der Waals surface area contributed by atoms with Crippen LogP contribution in [0.25, 0.3) is 0 Å². The molecule has 4 nitrogen and oxygen atoms in total. The van der Waals surface area contributed by atoms with Gasteiger partial charge in [0.05, 0.1) is 25.9 Å². The first-order chi connectivity index (χ1) is 8.95. The fourth-order valence-corrected chi connectivity index (χ4v) is 2.62. The van der Waals surface area contributed by atoms with Crippen LogP contribution in [0.3, 0.4) is 0 Å². The molecule has 0 spiro atoms. The molecule has 0 amide bonds. The standard InChI is InChI=1S/C14H20N2O2/c1-2-4-13(16-6-9-17-10-7-16)12(3-1)14-11-15-5-8-18-14/h1-4,14-15H,5-11H2. The fraction of sp³-hybridized carbons (Fsp3) is 0.571. The number of hydrogen-bond acceptors (Lipinski definition) is 4. The molecule has 1 N–H and O–H groups in total. The van der Waals surface area contributed by atoms with E-state index in [1.807, 2.05) is 0 Å². The van der Waals surface area contributed by atoms with Crippen LogP contribution in [0.15, 0.2) is 24.3 Å². The summed E-state index contributed by atoms with van der Waals surface area (Å²) in [6.45, 7) is 6.23. The first-order valence-corrected chi connectivity index (χ1v) is 6.69. The van der Waals surface area contributed by atoms with Gasteiger partial charge in [-0.2, -0.15) is 0 Å². The molecule has 2 heterocycles. The SMILES string of the molecule is c1ccc(N2CCOCC2)c(C2CNCCO2)c1. The molecule has 2 saturated heterocycles. The minimum atomic E-state index is 0.179. The van der Waals surface area contributed by atoms with Crippen molar-refractivity contribution in [1.82, 2.24) is 5.32 Å². The summed E-state index contributed by atoms with van der Waals surface area (Å²) in [6.07, 6.45) is 0.179. The molecule has 0 bridgehead atoms. The lowest BCUT2D eigenvalue weighted by atomic mass is 10.0. The van der Waals surface area contributed by atoms with Crippen molar-refractivity contribution < 1.29 is 9.47 Å². The highest BCUT2D eigenvalue weighted by Gasteiger charge is 2.22. The van der Waals surface area contributed by atoms with Gasteiger partial charge in [-0.3, -0.25) is 0 Å². The smallest absolute Gasteiger partial charge is 0.0969 e. The molecule has 2 fully saturated rings. The third kappa shape index (κ3) is 2.51. The second kappa shape index (κ2) is 5.69. The Kier molecular flexibility index (Phi) is 3.78. The van der Waals surface area contributed by atoms with Crippen LogP contribution in [-0.2, 0) is 9.47 Å². The Morgan fingerprint density at radius 1 is 1.11 bits per heavy atom. The summed E-state index contributed by atoms with van der Waals surface area (Å²) in [7, 11) is 0. The van der Waals surface area contributed by atoms with Gasteiger partial charge in [0.2, 0.25) is 0 Å². The number of benzene rings is 1. The zero-order valence-electron chi connectivity index (χ0n) is 10.6. The first kappa shape index (κ1) is 12.0. The van der Waals surface area contributed by atoms with Crippen LogP contribution in [-0.4, -0.2) is 46.0 Å². The molecule has 1 aromatic carbocycles. The summed E-state index contributed by atoms with van der Waals surface area (Å²) in [5.74, 6) is 0. The van der Waals surface area contributed by atoms with Gasteiger partial charge in [0.1, 0.15) is 0 Å². The lowest BCUT2D eigenvalue weighted by Crippen LogP contribution is -2.38. The van der Waals surface area contributed by atoms with E-state index in [1.54, 1.807) is 0 Å². The van der Waals surface area contributed by atoms with Crippen molar-refractivity contribution in [2.45, 2.75) is 6.10 Å². The van der Waals surface area contributed by atoms with Crippen molar-refractivity contribution in [3.63, 3.8) is 0 Å². The molecule has 0 aromatic heterocycles. The third-order valence-electron chi connectivity index (χ3n) is 3.56. The number of hydrogen-bond donors (Lipinski definition) is 1. The summed E-state index contributed by atoms with van der Waals surface area (Å²) >= 11 is 0. The Morgan fingerprint density at radius 3 is 2.72 bits per heavy atom. The molecule has 98 valence electrons. The van der Waals surface area contributed by atoms with E-state index in [4.69, 9.17) is 9.47 Å². The number of anilines is 1. The minimum absolute atomic E-state index is 0.179. The van der Waals surface area contributed by atoms with Gasteiger partial charge in [-0.05, 0) is 6.07 Å². The average Bonchev–Trinajstić information content (AvgIpc) is 2.49. The minimum Gasteiger partial charge on any atom is -0.378 e. The molecule has 0 aliphatic carbocycles. The van der Waals surface area contributed by atoms with Crippen LogP contribution >= 0.6 is 0 Å². The third-order valence-corrected chi connectivity index (χ3v) is 3.56. The number of nitrogens with zero attached hydrogens (tertiary/aromatic N) is 1. The van der Waals surface area contributed by atoms with E-state index < -0.39 is 0 Å². The van der Waals surface area contributed by atoms with E-state index >= 15 is 0 Å². The molecule has 1 unspecified atom stereocenters. The molecule has 3 rings (SSSR count). The van der Waals surface area contributed by atoms with E-state index in [1.165, 1.54) is 11.3 Å². The summed E-state index contributed by atoms with van der Waals surface area (Å²) in [4.78, 5) is 2.40. The van der Waals surface area contributed by atoms with E-state index in [0.717, 1.165) is 46.0 Å². The van der Waals surface area contributed by atoms with E-state index in [-0.39, 0.29) is 6.10 Å². The fourth-order valence-electron chi connectivity index (χ4n) is 2.62. The summed E-state index contributed by atoms with van der Waals surface area (Å²) in [6, 6.07) is 8.57. The monoisotopic (exact) mass is 248 g/mol. The summed E-state index contributed by atoms with van der Waals surface area (Å²) < 4.78 is 11.3. The van der Waals surface area contributed by atoms with Crippen molar-refractivity contribution in [2.75, 3.05) is 50.9 Å². The van der Waals surface area contributed by atoms with Gasteiger partial charge in [-0.1, -0.05) is 18.2 Å². The van der Waals surface area contributed by atoms with Crippen molar-refractivity contribution in [3.05, 3.63) is 29.8 Å². The number of ether oxygens (including phenoxy) is 2. The van der Waals surface area contributed by atoms with Gasteiger partial charge in [-0.25, -0.2) is 0 Å². The predicted molar refractivity (Wildman–Crippen MR) is 71.0 cm³/mol. The van der Waals surface area contributed by atoms with Gasteiger partial charge in [0.15, 0.2) is 0 Å². The van der Waals surface area contributed by atoms with Crippen LogP contribution in [0.5, 0.6) is 0 Å². The second-order valence-corrected chi connectivity index (χ2v) is 4.72. The zero-order chi connectivity index (χ0) is 12.2. The first-order valence-electron chi connectivity index (χ1n) is 6.69.